The van der Waals surface area contributed by atoms with E-state index < -0.39 is 35.1 Å². The van der Waals surface area contributed by atoms with Gasteiger partial charge >= 0.3 is 18.2 Å². The summed E-state index contributed by atoms with van der Waals surface area (Å²) in [6.07, 6.45) is -4.81. The van der Waals surface area contributed by atoms with E-state index in [1.165, 1.54) is 11.8 Å². The van der Waals surface area contributed by atoms with Gasteiger partial charge < -0.3 is 9.64 Å². The number of hydrogen-bond acceptors (Lipinski definition) is 4. The lowest BCUT2D eigenvalue weighted by Crippen LogP contribution is -2.35. The van der Waals surface area contributed by atoms with E-state index in [2.05, 4.69) is 9.84 Å². The van der Waals surface area contributed by atoms with Crippen molar-refractivity contribution in [3.8, 4) is 0 Å². The molecule has 0 spiro atoms. The third kappa shape index (κ3) is 3.40. The quantitative estimate of drug-likeness (QED) is 0.800. The SMILES string of the molecule is CCOC(=O)c1nn(C(=O)N(CC)CC)c(C)c1C(F)(F)F. The highest BCUT2D eigenvalue weighted by molar-refractivity contribution is 5.90. The highest BCUT2D eigenvalue weighted by atomic mass is 19.4. The van der Waals surface area contributed by atoms with Crippen molar-refractivity contribution in [2.75, 3.05) is 19.7 Å². The van der Waals surface area contributed by atoms with E-state index in [-0.39, 0.29) is 6.61 Å². The van der Waals surface area contributed by atoms with Gasteiger partial charge in [-0.05, 0) is 27.7 Å². The lowest BCUT2D eigenvalue weighted by atomic mass is 10.2. The predicted molar refractivity (Wildman–Crippen MR) is 71.6 cm³/mol. The normalized spacial score (nSPS) is 11.4. The third-order valence-corrected chi connectivity index (χ3v) is 3.08. The minimum absolute atomic E-state index is 0.0912. The number of rotatable bonds is 4. The number of nitrogens with zero attached hydrogens (tertiary/aromatic N) is 3. The summed E-state index contributed by atoms with van der Waals surface area (Å²) in [6, 6.07) is -0.719. The first-order chi connectivity index (χ1) is 10.2. The molecule has 6 nitrogen and oxygen atoms in total. The molecule has 1 amide bonds. The molecule has 0 unspecified atom stereocenters. The number of ether oxygens (including phenoxy) is 1. The summed E-state index contributed by atoms with van der Waals surface area (Å²) in [5.41, 5.74) is -2.58. The first kappa shape index (κ1) is 18.0. The fourth-order valence-corrected chi connectivity index (χ4v) is 2.00. The molecule has 0 saturated heterocycles. The minimum atomic E-state index is -4.81. The predicted octanol–water partition coefficient (Wildman–Crippen LogP) is 2.70. The van der Waals surface area contributed by atoms with E-state index in [0.29, 0.717) is 17.8 Å². The molecule has 124 valence electrons. The smallest absolute Gasteiger partial charge is 0.420 e. The van der Waals surface area contributed by atoms with Crippen LogP contribution in [0.4, 0.5) is 18.0 Å². The maximum atomic E-state index is 13.2. The summed E-state index contributed by atoms with van der Waals surface area (Å²) >= 11 is 0. The molecule has 1 heterocycles. The van der Waals surface area contributed by atoms with Gasteiger partial charge in [-0.15, -0.1) is 0 Å². The van der Waals surface area contributed by atoms with Crippen LogP contribution in [0.1, 0.15) is 42.5 Å². The van der Waals surface area contributed by atoms with Gasteiger partial charge in [0.25, 0.3) is 0 Å². The Balaban J connectivity index is 3.44. The number of amides is 1. The Morgan fingerprint density at radius 2 is 1.77 bits per heavy atom. The van der Waals surface area contributed by atoms with Crippen LogP contribution >= 0.6 is 0 Å². The van der Waals surface area contributed by atoms with Gasteiger partial charge in [0, 0.05) is 13.1 Å². The Kier molecular flexibility index (Phi) is 5.56. The zero-order valence-corrected chi connectivity index (χ0v) is 12.8. The fraction of sp³-hybridized carbons (Fsp3) is 0.615. The van der Waals surface area contributed by atoms with Crippen molar-refractivity contribution in [1.29, 1.82) is 0 Å². The first-order valence-corrected chi connectivity index (χ1v) is 6.82. The van der Waals surface area contributed by atoms with Crippen molar-refractivity contribution in [2.24, 2.45) is 0 Å². The van der Waals surface area contributed by atoms with Crippen molar-refractivity contribution >= 4 is 12.0 Å². The Morgan fingerprint density at radius 1 is 1.23 bits per heavy atom. The van der Waals surface area contributed by atoms with Gasteiger partial charge in [0.1, 0.15) is 5.56 Å². The maximum absolute atomic E-state index is 13.2. The van der Waals surface area contributed by atoms with Gasteiger partial charge in [-0.1, -0.05) is 0 Å². The summed E-state index contributed by atoms with van der Waals surface area (Å²) in [4.78, 5) is 25.2. The number of carbonyl (C=O) groups excluding carboxylic acids is 2. The van der Waals surface area contributed by atoms with Crippen LogP contribution < -0.4 is 0 Å². The number of esters is 1. The van der Waals surface area contributed by atoms with Gasteiger partial charge in [-0.2, -0.15) is 23.0 Å². The standard InChI is InChI=1S/C13H18F3N3O3/c1-5-18(6-2)12(21)19-8(4)9(13(14,15)16)10(17-19)11(20)22-7-3/h5-7H2,1-4H3. The van der Waals surface area contributed by atoms with Crippen LogP contribution in [0.2, 0.25) is 0 Å². The van der Waals surface area contributed by atoms with Crippen molar-refractivity contribution in [3.05, 3.63) is 17.0 Å². The zero-order valence-electron chi connectivity index (χ0n) is 12.8. The molecule has 0 atom stereocenters. The molecule has 0 aromatic carbocycles. The molecule has 9 heteroatoms. The van der Waals surface area contributed by atoms with E-state index in [1.54, 1.807) is 13.8 Å². The van der Waals surface area contributed by atoms with Crippen molar-refractivity contribution in [3.63, 3.8) is 0 Å². The average molecular weight is 321 g/mol. The summed E-state index contributed by atoms with van der Waals surface area (Å²) in [6.45, 7) is 6.48. The number of alkyl halides is 3. The number of carbonyl (C=O) groups is 2. The van der Waals surface area contributed by atoms with Gasteiger partial charge in [0.15, 0.2) is 5.69 Å². The van der Waals surface area contributed by atoms with Gasteiger partial charge in [-0.25, -0.2) is 9.59 Å². The molecule has 22 heavy (non-hydrogen) atoms. The van der Waals surface area contributed by atoms with Crippen LogP contribution in [0, 0.1) is 6.92 Å². The summed E-state index contributed by atoms with van der Waals surface area (Å²) < 4.78 is 44.7. The Labute approximate surface area is 125 Å². The second kappa shape index (κ2) is 6.80. The Bertz CT molecular complexity index is 563. The molecular weight excluding hydrogens is 303 g/mol. The van der Waals surface area contributed by atoms with E-state index in [1.807, 2.05) is 0 Å². The average Bonchev–Trinajstić information content (AvgIpc) is 2.77. The highest BCUT2D eigenvalue weighted by Gasteiger charge is 2.42. The molecule has 0 N–H and O–H groups in total. The molecule has 0 bridgehead atoms. The van der Waals surface area contributed by atoms with Crippen molar-refractivity contribution in [1.82, 2.24) is 14.7 Å². The van der Waals surface area contributed by atoms with Crippen LogP contribution in [0.5, 0.6) is 0 Å². The molecule has 0 aliphatic rings. The molecule has 1 aromatic heterocycles. The number of aromatic nitrogens is 2. The molecule has 0 radical (unpaired) electrons. The third-order valence-electron chi connectivity index (χ3n) is 3.08. The number of halogens is 3. The Hall–Kier alpha value is -2.06. The first-order valence-electron chi connectivity index (χ1n) is 6.82. The van der Waals surface area contributed by atoms with E-state index in [4.69, 9.17) is 0 Å². The van der Waals surface area contributed by atoms with Gasteiger partial charge in [-0.3, -0.25) is 0 Å². The molecule has 0 aliphatic heterocycles. The minimum Gasteiger partial charge on any atom is -0.461 e. The number of hydrogen-bond donors (Lipinski definition) is 0. The lowest BCUT2D eigenvalue weighted by molar-refractivity contribution is -0.138. The zero-order chi connectivity index (χ0) is 17.1. The molecule has 0 saturated carbocycles. The van der Waals surface area contributed by atoms with Crippen LogP contribution in [-0.2, 0) is 10.9 Å². The second-order valence-corrected chi connectivity index (χ2v) is 4.39. The Morgan fingerprint density at radius 3 is 2.18 bits per heavy atom. The molecular formula is C13H18F3N3O3. The van der Waals surface area contributed by atoms with E-state index in [0.717, 1.165) is 6.92 Å². The summed E-state index contributed by atoms with van der Waals surface area (Å²) in [5.74, 6) is -1.20. The topological polar surface area (TPSA) is 64.4 Å². The maximum Gasteiger partial charge on any atom is 0.420 e. The molecule has 0 aliphatic carbocycles. The van der Waals surface area contributed by atoms with Crippen LogP contribution in [-0.4, -0.2) is 46.4 Å². The van der Waals surface area contributed by atoms with Crippen molar-refractivity contribution < 1.29 is 27.5 Å². The van der Waals surface area contributed by atoms with Crippen molar-refractivity contribution in [2.45, 2.75) is 33.9 Å². The van der Waals surface area contributed by atoms with Crippen LogP contribution in [0.3, 0.4) is 0 Å². The molecule has 0 fully saturated rings. The molecule has 1 aromatic rings. The molecule has 1 rings (SSSR count). The second-order valence-electron chi connectivity index (χ2n) is 4.39. The van der Waals surface area contributed by atoms with Crippen LogP contribution in [0.25, 0.3) is 0 Å². The highest BCUT2D eigenvalue weighted by Crippen LogP contribution is 2.34. The summed E-state index contributed by atoms with van der Waals surface area (Å²) in [5, 5.41) is 3.54. The van der Waals surface area contributed by atoms with Gasteiger partial charge in [0.2, 0.25) is 0 Å². The fourth-order valence-electron chi connectivity index (χ4n) is 2.00. The lowest BCUT2D eigenvalue weighted by Gasteiger charge is -2.18. The monoisotopic (exact) mass is 321 g/mol. The summed E-state index contributed by atoms with van der Waals surface area (Å²) in [7, 11) is 0. The van der Waals surface area contributed by atoms with E-state index >= 15 is 0 Å². The van der Waals surface area contributed by atoms with Crippen LogP contribution in [0.15, 0.2) is 0 Å². The van der Waals surface area contributed by atoms with Gasteiger partial charge in [0.05, 0.1) is 12.3 Å². The largest absolute Gasteiger partial charge is 0.461 e. The van der Waals surface area contributed by atoms with E-state index in [9.17, 15) is 22.8 Å².